The van der Waals surface area contributed by atoms with Gasteiger partial charge in [0.15, 0.2) is 0 Å². The maximum atomic E-state index is 3.78. The Labute approximate surface area is 120 Å². The first kappa shape index (κ1) is 15.4. The van der Waals surface area contributed by atoms with Crippen molar-refractivity contribution >= 4 is 0 Å². The van der Waals surface area contributed by atoms with Gasteiger partial charge < -0.3 is 5.32 Å². The molecule has 3 atom stereocenters. The lowest BCUT2D eigenvalue weighted by Crippen LogP contribution is -2.32. The van der Waals surface area contributed by atoms with Crippen molar-refractivity contribution in [2.24, 2.45) is 17.8 Å². The van der Waals surface area contributed by atoms with Gasteiger partial charge in [0.2, 0.25) is 0 Å². The molecule has 0 aromatic rings. The molecule has 2 aliphatic carbocycles. The Balaban J connectivity index is 1.54. The Morgan fingerprint density at radius 3 is 2.16 bits per heavy atom. The molecule has 0 bridgehead atoms. The molecule has 19 heavy (non-hydrogen) atoms. The normalized spacial score (nSPS) is 30.3. The molecule has 2 fully saturated rings. The van der Waals surface area contributed by atoms with Crippen LogP contribution in [0, 0.1) is 17.8 Å². The van der Waals surface area contributed by atoms with Crippen LogP contribution >= 0.6 is 0 Å². The van der Waals surface area contributed by atoms with Crippen molar-refractivity contribution in [3.63, 3.8) is 0 Å². The van der Waals surface area contributed by atoms with Gasteiger partial charge in [0.05, 0.1) is 0 Å². The first-order chi connectivity index (χ1) is 9.38. The van der Waals surface area contributed by atoms with E-state index in [1.165, 1.54) is 70.6 Å². The minimum absolute atomic E-state index is 0.857. The van der Waals surface area contributed by atoms with Gasteiger partial charge in [-0.3, -0.25) is 0 Å². The summed E-state index contributed by atoms with van der Waals surface area (Å²) in [5, 5.41) is 3.78. The molecule has 0 aliphatic heterocycles. The van der Waals surface area contributed by atoms with Crippen molar-refractivity contribution in [2.75, 3.05) is 6.54 Å². The van der Waals surface area contributed by atoms with E-state index in [-0.39, 0.29) is 0 Å². The first-order valence-electron chi connectivity index (χ1n) is 9.11. The highest BCUT2D eigenvalue weighted by molar-refractivity contribution is 5.06. The van der Waals surface area contributed by atoms with Crippen LogP contribution in [0.5, 0.6) is 0 Å². The quantitative estimate of drug-likeness (QED) is 0.509. The van der Waals surface area contributed by atoms with Crippen LogP contribution in [0.1, 0.15) is 84.5 Å². The Morgan fingerprint density at radius 2 is 1.53 bits per heavy atom. The summed E-state index contributed by atoms with van der Waals surface area (Å²) >= 11 is 0. The Morgan fingerprint density at radius 1 is 0.895 bits per heavy atom. The van der Waals surface area contributed by atoms with Crippen LogP contribution in [0.4, 0.5) is 0 Å². The zero-order chi connectivity index (χ0) is 13.5. The molecular formula is C18H35N. The largest absolute Gasteiger partial charge is 0.314 e. The number of unbranched alkanes of at least 4 members (excludes halogenated alkanes) is 6. The van der Waals surface area contributed by atoms with Gasteiger partial charge in [0.1, 0.15) is 0 Å². The lowest BCUT2D eigenvalue weighted by atomic mass is 9.97. The van der Waals surface area contributed by atoms with Crippen molar-refractivity contribution in [1.82, 2.24) is 5.32 Å². The second-order valence-corrected chi connectivity index (χ2v) is 6.91. The van der Waals surface area contributed by atoms with Gasteiger partial charge in [-0.15, -0.1) is 0 Å². The minimum Gasteiger partial charge on any atom is -0.314 e. The third-order valence-electron chi connectivity index (χ3n) is 5.52. The fraction of sp³-hybridized carbons (Fsp3) is 1.00. The second-order valence-electron chi connectivity index (χ2n) is 6.91. The zero-order valence-corrected chi connectivity index (χ0v) is 13.3. The zero-order valence-electron chi connectivity index (χ0n) is 13.3. The molecule has 0 spiro atoms. The highest BCUT2D eigenvalue weighted by Crippen LogP contribution is 2.59. The van der Waals surface area contributed by atoms with E-state index in [4.69, 9.17) is 0 Å². The molecule has 0 heterocycles. The van der Waals surface area contributed by atoms with E-state index in [1.807, 2.05) is 0 Å². The summed E-state index contributed by atoms with van der Waals surface area (Å²) in [6.45, 7) is 5.74. The monoisotopic (exact) mass is 265 g/mol. The Kier molecular flexibility index (Phi) is 6.70. The van der Waals surface area contributed by atoms with E-state index in [0.717, 1.165) is 30.3 Å². The number of nitrogens with one attached hydrogen (secondary N) is 1. The minimum atomic E-state index is 0.857. The smallest absolute Gasteiger partial charge is 0.0101 e. The van der Waals surface area contributed by atoms with Gasteiger partial charge in [-0.25, -0.2) is 0 Å². The molecule has 2 rings (SSSR count). The van der Waals surface area contributed by atoms with Gasteiger partial charge in [-0.1, -0.05) is 65.2 Å². The molecule has 2 aliphatic rings. The third-order valence-corrected chi connectivity index (χ3v) is 5.52. The molecule has 0 aromatic heterocycles. The molecule has 2 saturated carbocycles. The van der Waals surface area contributed by atoms with Crippen LogP contribution < -0.4 is 5.32 Å². The topological polar surface area (TPSA) is 12.0 Å². The molecule has 1 heteroatoms. The van der Waals surface area contributed by atoms with Crippen molar-refractivity contribution in [2.45, 2.75) is 90.5 Å². The average molecular weight is 265 g/mol. The van der Waals surface area contributed by atoms with Crippen molar-refractivity contribution in [1.29, 1.82) is 0 Å². The molecule has 1 N–H and O–H groups in total. The number of fused-ring (bicyclic) bond motifs is 1. The van der Waals surface area contributed by atoms with Gasteiger partial charge in [0.25, 0.3) is 0 Å². The predicted molar refractivity (Wildman–Crippen MR) is 84.4 cm³/mol. The summed E-state index contributed by atoms with van der Waals surface area (Å²) in [7, 11) is 0. The molecule has 0 aromatic carbocycles. The lowest BCUT2D eigenvalue weighted by Gasteiger charge is -2.19. The van der Waals surface area contributed by atoms with Crippen LogP contribution in [0.25, 0.3) is 0 Å². The van der Waals surface area contributed by atoms with Gasteiger partial charge in [-0.05, 0) is 43.6 Å². The molecule has 0 radical (unpaired) electrons. The summed E-state index contributed by atoms with van der Waals surface area (Å²) in [5.41, 5.74) is 0. The van der Waals surface area contributed by atoms with Crippen LogP contribution in [0.2, 0.25) is 0 Å². The maximum Gasteiger partial charge on any atom is 0.0101 e. The molecular weight excluding hydrogens is 230 g/mol. The fourth-order valence-electron chi connectivity index (χ4n) is 4.49. The third kappa shape index (κ3) is 4.48. The first-order valence-corrected chi connectivity index (χ1v) is 9.11. The molecule has 112 valence electrons. The SMILES string of the molecule is CCCCCCCCCC(NCC)C1C2CCCC21. The van der Waals surface area contributed by atoms with Gasteiger partial charge >= 0.3 is 0 Å². The number of hydrogen-bond donors (Lipinski definition) is 1. The van der Waals surface area contributed by atoms with E-state index in [2.05, 4.69) is 19.2 Å². The summed E-state index contributed by atoms with van der Waals surface area (Å²) in [5.74, 6) is 3.30. The van der Waals surface area contributed by atoms with Gasteiger partial charge in [0, 0.05) is 6.04 Å². The van der Waals surface area contributed by atoms with Crippen molar-refractivity contribution in [3.05, 3.63) is 0 Å². The van der Waals surface area contributed by atoms with E-state index >= 15 is 0 Å². The summed E-state index contributed by atoms with van der Waals surface area (Å²) in [6, 6.07) is 0.857. The molecule has 3 unspecified atom stereocenters. The predicted octanol–water partition coefficient (Wildman–Crippen LogP) is 5.15. The van der Waals surface area contributed by atoms with Crippen LogP contribution in [0.15, 0.2) is 0 Å². The number of rotatable bonds is 11. The Hall–Kier alpha value is -0.0400. The Bertz CT molecular complexity index is 228. The fourth-order valence-corrected chi connectivity index (χ4v) is 4.49. The molecule has 1 nitrogen and oxygen atoms in total. The molecule has 0 saturated heterocycles. The lowest BCUT2D eigenvalue weighted by molar-refractivity contribution is 0.378. The standard InChI is InChI=1S/C18H35N/c1-3-5-6-7-8-9-10-14-17(19-4-2)18-15-12-11-13-16(15)18/h15-19H,3-14H2,1-2H3. The highest BCUT2D eigenvalue weighted by Gasteiger charge is 2.55. The van der Waals surface area contributed by atoms with Crippen molar-refractivity contribution < 1.29 is 0 Å². The highest BCUT2D eigenvalue weighted by atomic mass is 14.9. The van der Waals surface area contributed by atoms with Crippen LogP contribution in [-0.2, 0) is 0 Å². The van der Waals surface area contributed by atoms with Crippen LogP contribution in [0.3, 0.4) is 0 Å². The summed E-state index contributed by atoms with van der Waals surface area (Å²) < 4.78 is 0. The average Bonchev–Trinajstić information content (AvgIpc) is 2.89. The van der Waals surface area contributed by atoms with E-state index in [0.29, 0.717) is 0 Å². The van der Waals surface area contributed by atoms with E-state index in [9.17, 15) is 0 Å². The molecule has 0 amide bonds. The summed E-state index contributed by atoms with van der Waals surface area (Å²) in [6.07, 6.45) is 16.2. The maximum absolute atomic E-state index is 3.78. The van der Waals surface area contributed by atoms with Crippen molar-refractivity contribution in [3.8, 4) is 0 Å². The van der Waals surface area contributed by atoms with E-state index < -0.39 is 0 Å². The number of hydrogen-bond acceptors (Lipinski definition) is 1. The summed E-state index contributed by atoms with van der Waals surface area (Å²) in [4.78, 5) is 0. The van der Waals surface area contributed by atoms with Gasteiger partial charge in [-0.2, -0.15) is 0 Å². The van der Waals surface area contributed by atoms with Crippen LogP contribution in [-0.4, -0.2) is 12.6 Å². The van der Waals surface area contributed by atoms with E-state index in [1.54, 1.807) is 0 Å². The second kappa shape index (κ2) is 8.29.